The zero-order valence-electron chi connectivity index (χ0n) is 13.2. The fourth-order valence-corrected chi connectivity index (χ4v) is 4.50. The van der Waals surface area contributed by atoms with E-state index in [1.165, 1.54) is 34.8 Å². The van der Waals surface area contributed by atoms with Crippen molar-refractivity contribution in [3.8, 4) is 0 Å². The fraction of sp³-hybridized carbons (Fsp3) is 0.588. The Labute approximate surface area is 141 Å². The van der Waals surface area contributed by atoms with Gasteiger partial charge in [0.2, 0.25) is 0 Å². The number of thiophene rings is 1. The third-order valence-corrected chi connectivity index (χ3v) is 5.71. The minimum Gasteiger partial charge on any atom is -0.377 e. The van der Waals surface area contributed by atoms with Gasteiger partial charge in [0.05, 0.1) is 16.8 Å². The van der Waals surface area contributed by atoms with Gasteiger partial charge in [-0.3, -0.25) is 4.90 Å². The Balaban J connectivity index is 1.63. The summed E-state index contributed by atoms with van der Waals surface area (Å²) in [5.41, 5.74) is 1.21. The van der Waals surface area contributed by atoms with Crippen LogP contribution in [0.2, 0.25) is 0 Å². The summed E-state index contributed by atoms with van der Waals surface area (Å²) in [6.45, 7) is 6.07. The van der Waals surface area contributed by atoms with Crippen LogP contribution >= 0.6 is 22.7 Å². The predicted molar refractivity (Wildman–Crippen MR) is 93.5 cm³/mol. The lowest BCUT2D eigenvalue weighted by molar-refractivity contribution is 0.0679. The molecule has 0 N–H and O–H groups in total. The molecular weight excluding hydrogens is 312 g/mol. The molecule has 0 spiro atoms. The number of aryl methyl sites for hydroxylation is 1. The molecular formula is C17H24N2OS2. The van der Waals surface area contributed by atoms with Gasteiger partial charge in [-0.25, -0.2) is 4.98 Å². The molecule has 0 aromatic carbocycles. The number of hydrogen-bond donors (Lipinski definition) is 0. The quantitative estimate of drug-likeness (QED) is 0.717. The molecule has 0 aliphatic carbocycles. The van der Waals surface area contributed by atoms with E-state index in [-0.39, 0.29) is 0 Å². The lowest BCUT2D eigenvalue weighted by atomic mass is 10.2. The van der Waals surface area contributed by atoms with Crippen molar-refractivity contribution in [3.05, 3.63) is 38.5 Å². The summed E-state index contributed by atoms with van der Waals surface area (Å²) < 4.78 is 5.83. The minimum atomic E-state index is 0.397. The van der Waals surface area contributed by atoms with Crippen LogP contribution in [0.5, 0.6) is 0 Å². The molecule has 0 saturated carbocycles. The van der Waals surface area contributed by atoms with E-state index in [0.717, 1.165) is 32.7 Å². The molecule has 0 bridgehead atoms. The summed E-state index contributed by atoms with van der Waals surface area (Å²) in [7, 11) is 0. The Morgan fingerprint density at radius 3 is 3.05 bits per heavy atom. The molecule has 1 atom stereocenters. The highest BCUT2D eigenvalue weighted by Crippen LogP contribution is 2.20. The van der Waals surface area contributed by atoms with Gasteiger partial charge >= 0.3 is 0 Å². The molecule has 1 saturated heterocycles. The van der Waals surface area contributed by atoms with Crippen LogP contribution in [-0.4, -0.2) is 29.1 Å². The normalized spacial score (nSPS) is 18.4. The second-order valence-corrected chi connectivity index (χ2v) is 7.84. The number of thiazole rings is 1. The first-order chi connectivity index (χ1) is 10.8. The molecule has 3 heterocycles. The van der Waals surface area contributed by atoms with Crippen LogP contribution in [0.15, 0.2) is 22.9 Å². The fourth-order valence-electron chi connectivity index (χ4n) is 2.86. The van der Waals surface area contributed by atoms with Gasteiger partial charge in [0.25, 0.3) is 0 Å². The summed E-state index contributed by atoms with van der Waals surface area (Å²) in [5, 5.41) is 5.65. The minimum absolute atomic E-state index is 0.397. The topological polar surface area (TPSA) is 25.4 Å². The molecule has 1 fully saturated rings. The number of nitrogens with zero attached hydrogens (tertiary/aromatic N) is 2. The average Bonchev–Trinajstić information content (AvgIpc) is 3.22. The first-order valence-corrected chi connectivity index (χ1v) is 9.89. The SMILES string of the molecule is CCCc1nc(CN(Cc2cccs2)CC2CCCO2)cs1. The molecule has 2 aromatic rings. The molecule has 0 radical (unpaired) electrons. The van der Waals surface area contributed by atoms with Crippen molar-refractivity contribution in [2.45, 2.75) is 51.8 Å². The van der Waals surface area contributed by atoms with Gasteiger partial charge in [0.1, 0.15) is 0 Å². The maximum absolute atomic E-state index is 5.83. The lowest BCUT2D eigenvalue weighted by Gasteiger charge is -2.23. The third kappa shape index (κ3) is 4.62. The van der Waals surface area contributed by atoms with Crippen LogP contribution in [0, 0.1) is 0 Å². The molecule has 1 unspecified atom stereocenters. The van der Waals surface area contributed by atoms with Gasteiger partial charge < -0.3 is 4.74 Å². The molecule has 3 nitrogen and oxygen atoms in total. The van der Waals surface area contributed by atoms with Gasteiger partial charge in [0, 0.05) is 36.5 Å². The van der Waals surface area contributed by atoms with Crippen molar-refractivity contribution >= 4 is 22.7 Å². The van der Waals surface area contributed by atoms with Crippen molar-refractivity contribution in [1.82, 2.24) is 9.88 Å². The smallest absolute Gasteiger partial charge is 0.0928 e. The van der Waals surface area contributed by atoms with Crippen molar-refractivity contribution < 1.29 is 4.74 Å². The number of rotatable bonds is 8. The molecule has 5 heteroatoms. The van der Waals surface area contributed by atoms with E-state index < -0.39 is 0 Å². The van der Waals surface area contributed by atoms with E-state index in [4.69, 9.17) is 9.72 Å². The molecule has 1 aliphatic heterocycles. The second-order valence-electron chi connectivity index (χ2n) is 5.87. The van der Waals surface area contributed by atoms with Crippen LogP contribution < -0.4 is 0 Å². The van der Waals surface area contributed by atoms with Crippen molar-refractivity contribution in [3.63, 3.8) is 0 Å². The molecule has 120 valence electrons. The van der Waals surface area contributed by atoms with Gasteiger partial charge in [-0.05, 0) is 37.1 Å². The van der Waals surface area contributed by atoms with E-state index in [1.54, 1.807) is 11.3 Å². The molecule has 3 rings (SSSR count). The number of hydrogen-bond acceptors (Lipinski definition) is 5. The van der Waals surface area contributed by atoms with Gasteiger partial charge in [-0.2, -0.15) is 0 Å². The van der Waals surface area contributed by atoms with E-state index >= 15 is 0 Å². The Bertz CT molecular complexity index is 547. The van der Waals surface area contributed by atoms with Crippen LogP contribution in [0.3, 0.4) is 0 Å². The average molecular weight is 337 g/mol. The molecule has 2 aromatic heterocycles. The largest absolute Gasteiger partial charge is 0.377 e. The van der Waals surface area contributed by atoms with Crippen LogP contribution in [0.25, 0.3) is 0 Å². The zero-order chi connectivity index (χ0) is 15.2. The molecule has 1 aliphatic rings. The van der Waals surface area contributed by atoms with E-state index in [1.807, 2.05) is 11.3 Å². The highest BCUT2D eigenvalue weighted by molar-refractivity contribution is 7.10. The van der Waals surface area contributed by atoms with Crippen molar-refractivity contribution in [1.29, 1.82) is 0 Å². The van der Waals surface area contributed by atoms with E-state index in [2.05, 4.69) is 34.7 Å². The summed E-state index contributed by atoms with van der Waals surface area (Å²) in [4.78, 5) is 8.69. The van der Waals surface area contributed by atoms with Crippen molar-refractivity contribution in [2.24, 2.45) is 0 Å². The number of aromatic nitrogens is 1. The van der Waals surface area contributed by atoms with Gasteiger partial charge in [-0.1, -0.05) is 13.0 Å². The van der Waals surface area contributed by atoms with Crippen LogP contribution in [-0.2, 0) is 24.2 Å². The molecule has 22 heavy (non-hydrogen) atoms. The standard InChI is InChI=1S/C17H24N2OS2/c1-2-5-17-18-14(13-22-17)10-19(11-15-6-3-8-20-15)12-16-7-4-9-21-16/h4,7,9,13,15H,2-3,5-6,8,10-12H2,1H3. The highest BCUT2D eigenvalue weighted by atomic mass is 32.1. The third-order valence-electron chi connectivity index (χ3n) is 3.89. The van der Waals surface area contributed by atoms with Gasteiger partial charge in [0.15, 0.2) is 0 Å². The summed E-state index contributed by atoms with van der Waals surface area (Å²) in [5.74, 6) is 0. The van der Waals surface area contributed by atoms with Crippen LogP contribution in [0.1, 0.15) is 41.8 Å². The van der Waals surface area contributed by atoms with Crippen molar-refractivity contribution in [2.75, 3.05) is 13.2 Å². The number of ether oxygens (including phenoxy) is 1. The second kappa shape index (κ2) is 8.20. The summed E-state index contributed by atoms with van der Waals surface area (Å²) >= 11 is 3.63. The summed E-state index contributed by atoms with van der Waals surface area (Å²) in [6.07, 6.45) is 5.06. The van der Waals surface area contributed by atoms with Gasteiger partial charge in [-0.15, -0.1) is 22.7 Å². The zero-order valence-corrected chi connectivity index (χ0v) is 14.8. The lowest BCUT2D eigenvalue weighted by Crippen LogP contribution is -2.31. The maximum Gasteiger partial charge on any atom is 0.0928 e. The highest BCUT2D eigenvalue weighted by Gasteiger charge is 2.20. The first kappa shape index (κ1) is 16.1. The maximum atomic E-state index is 5.83. The Morgan fingerprint density at radius 1 is 1.36 bits per heavy atom. The summed E-state index contributed by atoms with van der Waals surface area (Å²) in [6, 6.07) is 4.35. The predicted octanol–water partition coefficient (Wildman–Crippen LogP) is 4.34. The first-order valence-electron chi connectivity index (χ1n) is 8.13. The Morgan fingerprint density at radius 2 is 2.32 bits per heavy atom. The monoisotopic (exact) mass is 336 g/mol. The van der Waals surface area contributed by atoms with Crippen LogP contribution in [0.4, 0.5) is 0 Å². The molecule has 0 amide bonds. The van der Waals surface area contributed by atoms with E-state index in [9.17, 15) is 0 Å². The Hall–Kier alpha value is -0.750. The Kier molecular flexibility index (Phi) is 6.01. The van der Waals surface area contributed by atoms with E-state index in [0.29, 0.717) is 6.10 Å².